The van der Waals surface area contributed by atoms with Gasteiger partial charge in [0.15, 0.2) is 0 Å². The minimum atomic E-state index is 0.0642. The van der Waals surface area contributed by atoms with Gasteiger partial charge in [-0.3, -0.25) is 4.79 Å². The maximum absolute atomic E-state index is 12.5. The molecule has 0 aromatic carbocycles. The summed E-state index contributed by atoms with van der Waals surface area (Å²) in [7, 11) is 0. The molecular weight excluding hydrogens is 212 g/mol. The van der Waals surface area contributed by atoms with Gasteiger partial charge in [0.2, 0.25) is 5.91 Å². The van der Waals surface area contributed by atoms with Gasteiger partial charge in [0.1, 0.15) is 0 Å². The van der Waals surface area contributed by atoms with Crippen molar-refractivity contribution in [2.75, 3.05) is 6.54 Å². The molecule has 4 atom stereocenters. The normalized spacial score (nSPS) is 39.1. The van der Waals surface area contributed by atoms with Gasteiger partial charge in [0, 0.05) is 18.6 Å². The number of piperidine rings is 2. The van der Waals surface area contributed by atoms with Crippen molar-refractivity contribution in [1.29, 1.82) is 0 Å². The Labute approximate surface area is 105 Å². The second-order valence-corrected chi connectivity index (χ2v) is 6.07. The van der Waals surface area contributed by atoms with Crippen LogP contribution in [0.15, 0.2) is 0 Å². The van der Waals surface area contributed by atoms with E-state index in [1.54, 1.807) is 0 Å². The lowest BCUT2D eigenvalue weighted by molar-refractivity contribution is -0.138. The summed E-state index contributed by atoms with van der Waals surface area (Å²) in [4.78, 5) is 14.6. The largest absolute Gasteiger partial charge is 0.339 e. The van der Waals surface area contributed by atoms with Crippen molar-refractivity contribution in [3.05, 3.63) is 0 Å². The summed E-state index contributed by atoms with van der Waals surface area (Å²) in [6.45, 7) is 7.60. The summed E-state index contributed by atoms with van der Waals surface area (Å²) in [6.07, 6.45) is 5.82. The van der Waals surface area contributed by atoms with E-state index in [2.05, 4.69) is 31.0 Å². The first-order valence-corrected chi connectivity index (χ1v) is 7.14. The van der Waals surface area contributed by atoms with Gasteiger partial charge >= 0.3 is 0 Å². The first kappa shape index (κ1) is 12.9. The molecule has 2 aliphatic heterocycles. The summed E-state index contributed by atoms with van der Waals surface area (Å²) in [6, 6.07) is 0.979. The molecule has 2 heterocycles. The van der Waals surface area contributed by atoms with Crippen LogP contribution in [0.25, 0.3) is 0 Å². The standard InChI is InChI=1S/C14H26N2O/c1-10-8-11(2)15-13(9-10)14(17)16-7-5-4-6-12(16)3/h10-13,15H,4-9H2,1-3H3. The van der Waals surface area contributed by atoms with Crippen LogP contribution in [-0.4, -0.2) is 35.5 Å². The maximum atomic E-state index is 12.5. The molecule has 2 fully saturated rings. The van der Waals surface area contributed by atoms with Crippen molar-refractivity contribution in [3.63, 3.8) is 0 Å². The summed E-state index contributed by atoms with van der Waals surface area (Å²) in [5.41, 5.74) is 0. The van der Waals surface area contributed by atoms with Gasteiger partial charge in [-0.25, -0.2) is 0 Å². The molecule has 17 heavy (non-hydrogen) atoms. The van der Waals surface area contributed by atoms with Crippen molar-refractivity contribution >= 4 is 5.91 Å². The number of rotatable bonds is 1. The molecule has 3 heteroatoms. The third kappa shape index (κ3) is 3.01. The quantitative estimate of drug-likeness (QED) is 0.759. The van der Waals surface area contributed by atoms with Crippen molar-refractivity contribution in [3.8, 4) is 0 Å². The number of hydrogen-bond donors (Lipinski definition) is 1. The van der Waals surface area contributed by atoms with Gasteiger partial charge < -0.3 is 10.2 Å². The number of hydrogen-bond acceptors (Lipinski definition) is 2. The van der Waals surface area contributed by atoms with E-state index in [1.807, 2.05) is 0 Å². The highest BCUT2D eigenvalue weighted by Gasteiger charge is 2.33. The Bertz CT molecular complexity index is 269. The van der Waals surface area contributed by atoms with E-state index in [1.165, 1.54) is 25.7 Å². The van der Waals surface area contributed by atoms with Crippen LogP contribution in [0.4, 0.5) is 0 Å². The minimum Gasteiger partial charge on any atom is -0.339 e. The monoisotopic (exact) mass is 238 g/mol. The summed E-state index contributed by atoms with van der Waals surface area (Å²) < 4.78 is 0. The fraction of sp³-hybridized carbons (Fsp3) is 0.929. The first-order chi connectivity index (χ1) is 8.08. The molecule has 0 bridgehead atoms. The molecule has 2 aliphatic rings. The molecule has 0 radical (unpaired) electrons. The first-order valence-electron chi connectivity index (χ1n) is 7.14. The predicted molar refractivity (Wildman–Crippen MR) is 69.8 cm³/mol. The third-order valence-electron chi connectivity index (χ3n) is 4.26. The SMILES string of the molecule is CC1CC(C)NC(C(=O)N2CCCCC2C)C1. The van der Waals surface area contributed by atoms with Gasteiger partial charge in [-0.1, -0.05) is 6.92 Å². The molecule has 0 aliphatic carbocycles. The van der Waals surface area contributed by atoms with Crippen LogP contribution in [0.1, 0.15) is 52.9 Å². The fourth-order valence-electron chi connectivity index (χ4n) is 3.38. The van der Waals surface area contributed by atoms with Crippen LogP contribution in [0.2, 0.25) is 0 Å². The van der Waals surface area contributed by atoms with Gasteiger partial charge in [-0.15, -0.1) is 0 Å². The molecule has 0 aromatic heterocycles. The second kappa shape index (κ2) is 5.38. The van der Waals surface area contributed by atoms with Crippen molar-refractivity contribution < 1.29 is 4.79 Å². The zero-order valence-electron chi connectivity index (χ0n) is 11.4. The number of carbonyl (C=O) groups excluding carboxylic acids is 1. The van der Waals surface area contributed by atoms with E-state index < -0.39 is 0 Å². The van der Waals surface area contributed by atoms with E-state index in [0.29, 0.717) is 23.9 Å². The van der Waals surface area contributed by atoms with E-state index >= 15 is 0 Å². The van der Waals surface area contributed by atoms with Crippen molar-refractivity contribution in [2.45, 2.75) is 71.0 Å². The number of likely N-dealkylation sites (tertiary alicyclic amines) is 1. The van der Waals surface area contributed by atoms with E-state index in [-0.39, 0.29) is 6.04 Å². The fourth-order valence-corrected chi connectivity index (χ4v) is 3.38. The Morgan fingerprint density at radius 3 is 2.59 bits per heavy atom. The van der Waals surface area contributed by atoms with Crippen LogP contribution in [0.5, 0.6) is 0 Å². The molecule has 3 nitrogen and oxygen atoms in total. The molecule has 2 saturated heterocycles. The van der Waals surface area contributed by atoms with Gasteiger partial charge in [0.05, 0.1) is 6.04 Å². The highest BCUT2D eigenvalue weighted by atomic mass is 16.2. The molecule has 2 rings (SSSR count). The summed E-state index contributed by atoms with van der Waals surface area (Å²) in [5, 5.41) is 3.47. The Balaban J connectivity index is 1.98. The average molecular weight is 238 g/mol. The van der Waals surface area contributed by atoms with Crippen LogP contribution < -0.4 is 5.32 Å². The summed E-state index contributed by atoms with van der Waals surface area (Å²) in [5.74, 6) is 1.01. The highest BCUT2D eigenvalue weighted by Crippen LogP contribution is 2.23. The Morgan fingerprint density at radius 2 is 1.94 bits per heavy atom. The lowest BCUT2D eigenvalue weighted by Crippen LogP contribution is -2.55. The molecule has 0 spiro atoms. The third-order valence-corrected chi connectivity index (χ3v) is 4.26. The predicted octanol–water partition coefficient (Wildman–Crippen LogP) is 2.16. The number of carbonyl (C=O) groups is 1. The number of nitrogens with one attached hydrogen (secondary N) is 1. The van der Waals surface area contributed by atoms with Crippen molar-refractivity contribution in [1.82, 2.24) is 10.2 Å². The highest BCUT2D eigenvalue weighted by molar-refractivity contribution is 5.82. The number of nitrogens with zero attached hydrogens (tertiary/aromatic N) is 1. The Kier molecular flexibility index (Phi) is 4.08. The second-order valence-electron chi connectivity index (χ2n) is 6.07. The molecule has 0 aromatic rings. The van der Waals surface area contributed by atoms with E-state index in [0.717, 1.165) is 13.0 Å². The lowest BCUT2D eigenvalue weighted by Gasteiger charge is -2.39. The van der Waals surface area contributed by atoms with Gasteiger partial charge in [-0.05, 0) is 51.9 Å². The van der Waals surface area contributed by atoms with Crippen LogP contribution in [-0.2, 0) is 4.79 Å². The van der Waals surface area contributed by atoms with E-state index in [9.17, 15) is 4.79 Å². The topological polar surface area (TPSA) is 32.3 Å². The molecular formula is C14H26N2O. The summed E-state index contributed by atoms with van der Waals surface area (Å²) >= 11 is 0. The van der Waals surface area contributed by atoms with Gasteiger partial charge in [-0.2, -0.15) is 0 Å². The Morgan fingerprint density at radius 1 is 1.18 bits per heavy atom. The average Bonchev–Trinajstić information content (AvgIpc) is 2.27. The molecule has 1 amide bonds. The Hall–Kier alpha value is -0.570. The van der Waals surface area contributed by atoms with Crippen LogP contribution in [0, 0.1) is 5.92 Å². The smallest absolute Gasteiger partial charge is 0.239 e. The van der Waals surface area contributed by atoms with E-state index in [4.69, 9.17) is 0 Å². The molecule has 98 valence electrons. The lowest BCUT2D eigenvalue weighted by atomic mass is 9.88. The molecule has 1 N–H and O–H groups in total. The zero-order chi connectivity index (χ0) is 12.4. The maximum Gasteiger partial charge on any atom is 0.239 e. The van der Waals surface area contributed by atoms with Crippen LogP contribution in [0.3, 0.4) is 0 Å². The number of amides is 1. The minimum absolute atomic E-state index is 0.0642. The zero-order valence-corrected chi connectivity index (χ0v) is 11.4. The van der Waals surface area contributed by atoms with Crippen molar-refractivity contribution in [2.24, 2.45) is 5.92 Å². The van der Waals surface area contributed by atoms with Gasteiger partial charge in [0.25, 0.3) is 0 Å². The van der Waals surface area contributed by atoms with Crippen LogP contribution >= 0.6 is 0 Å². The molecule has 0 saturated carbocycles. The molecule has 4 unspecified atom stereocenters.